The standard InChI is InChI=1S/C18H30F2/c1-6-7-8-9-14(4)15-10-11-18(5,20)17(19)16(15)12-13(2)3/h10-11,13-14,17H,6-9,12H2,1-5H3. The Hall–Kier alpha value is -0.660. The van der Waals surface area contributed by atoms with Gasteiger partial charge in [0.25, 0.3) is 0 Å². The highest BCUT2D eigenvalue weighted by atomic mass is 19.2. The van der Waals surface area contributed by atoms with Crippen LogP contribution in [0.2, 0.25) is 0 Å². The SMILES string of the molecule is CCCCCC(C)C1=C(CC(C)C)C(F)C(C)(F)C=C1. The van der Waals surface area contributed by atoms with E-state index in [1.807, 2.05) is 6.08 Å². The maximum Gasteiger partial charge on any atom is 0.161 e. The first-order valence-electron chi connectivity index (χ1n) is 8.04. The molecule has 0 N–H and O–H groups in total. The number of rotatable bonds is 7. The summed E-state index contributed by atoms with van der Waals surface area (Å²) in [6, 6.07) is 0. The minimum Gasteiger partial charge on any atom is -0.239 e. The van der Waals surface area contributed by atoms with Gasteiger partial charge in [0, 0.05) is 0 Å². The normalized spacial score (nSPS) is 28.3. The molecular weight excluding hydrogens is 254 g/mol. The van der Waals surface area contributed by atoms with E-state index in [2.05, 4.69) is 27.7 Å². The second kappa shape index (κ2) is 7.38. The van der Waals surface area contributed by atoms with Crippen LogP contribution in [0.15, 0.2) is 23.3 Å². The van der Waals surface area contributed by atoms with Crippen molar-refractivity contribution < 1.29 is 8.78 Å². The molecule has 1 aliphatic carbocycles. The first-order valence-corrected chi connectivity index (χ1v) is 8.04. The van der Waals surface area contributed by atoms with Crippen molar-refractivity contribution in [3.63, 3.8) is 0 Å². The number of alkyl halides is 2. The third-order valence-corrected chi connectivity index (χ3v) is 4.16. The summed E-state index contributed by atoms with van der Waals surface area (Å²) < 4.78 is 28.7. The Labute approximate surface area is 123 Å². The predicted molar refractivity (Wildman–Crippen MR) is 83.3 cm³/mol. The summed E-state index contributed by atoms with van der Waals surface area (Å²) in [6.07, 6.45) is 7.03. The van der Waals surface area contributed by atoms with Gasteiger partial charge in [-0.3, -0.25) is 0 Å². The van der Waals surface area contributed by atoms with E-state index in [-0.39, 0.29) is 0 Å². The van der Waals surface area contributed by atoms with Crippen molar-refractivity contribution in [2.75, 3.05) is 0 Å². The Morgan fingerprint density at radius 1 is 1.25 bits per heavy atom. The topological polar surface area (TPSA) is 0 Å². The molecule has 0 aromatic rings. The molecule has 0 aromatic heterocycles. The van der Waals surface area contributed by atoms with E-state index in [1.54, 1.807) is 0 Å². The van der Waals surface area contributed by atoms with Gasteiger partial charge in [-0.1, -0.05) is 53.0 Å². The van der Waals surface area contributed by atoms with E-state index in [4.69, 9.17) is 0 Å². The lowest BCUT2D eigenvalue weighted by atomic mass is 9.78. The van der Waals surface area contributed by atoms with Crippen LogP contribution in [-0.2, 0) is 0 Å². The molecule has 2 heteroatoms. The smallest absolute Gasteiger partial charge is 0.161 e. The highest BCUT2D eigenvalue weighted by Crippen LogP contribution is 2.39. The molecule has 0 saturated heterocycles. The van der Waals surface area contributed by atoms with Crippen LogP contribution >= 0.6 is 0 Å². The van der Waals surface area contributed by atoms with Crippen LogP contribution in [0.25, 0.3) is 0 Å². The first-order chi connectivity index (χ1) is 9.29. The van der Waals surface area contributed by atoms with Crippen molar-refractivity contribution in [1.29, 1.82) is 0 Å². The van der Waals surface area contributed by atoms with Crippen LogP contribution in [0.1, 0.15) is 66.7 Å². The first kappa shape index (κ1) is 17.4. The summed E-state index contributed by atoms with van der Waals surface area (Å²) in [4.78, 5) is 0. The molecule has 3 atom stereocenters. The minimum atomic E-state index is -1.85. The van der Waals surface area contributed by atoms with Gasteiger partial charge in [0.1, 0.15) is 0 Å². The van der Waals surface area contributed by atoms with Crippen molar-refractivity contribution >= 4 is 0 Å². The van der Waals surface area contributed by atoms with Gasteiger partial charge >= 0.3 is 0 Å². The number of halogens is 2. The molecule has 0 fully saturated rings. The van der Waals surface area contributed by atoms with Gasteiger partial charge < -0.3 is 0 Å². The molecular formula is C18H30F2. The molecule has 0 amide bonds. The minimum absolute atomic E-state index is 0.320. The van der Waals surface area contributed by atoms with E-state index < -0.39 is 11.8 Å². The van der Waals surface area contributed by atoms with Crippen molar-refractivity contribution in [2.24, 2.45) is 11.8 Å². The second-order valence-electron chi connectivity index (χ2n) is 6.82. The molecule has 0 nitrogen and oxygen atoms in total. The Balaban J connectivity index is 2.93. The maximum absolute atomic E-state index is 14.5. The third-order valence-electron chi connectivity index (χ3n) is 4.16. The number of unbranched alkanes of at least 4 members (excludes halogenated alkanes) is 2. The van der Waals surface area contributed by atoms with Gasteiger partial charge in [0.05, 0.1) is 0 Å². The quantitative estimate of drug-likeness (QED) is 0.489. The number of hydrogen-bond donors (Lipinski definition) is 0. The van der Waals surface area contributed by atoms with Crippen LogP contribution in [0.5, 0.6) is 0 Å². The number of hydrogen-bond acceptors (Lipinski definition) is 0. The summed E-state index contributed by atoms with van der Waals surface area (Å²) >= 11 is 0. The van der Waals surface area contributed by atoms with Crippen LogP contribution in [0.4, 0.5) is 8.78 Å². The van der Waals surface area contributed by atoms with Gasteiger partial charge in [-0.25, -0.2) is 8.78 Å². The molecule has 0 bridgehead atoms. The summed E-state index contributed by atoms with van der Waals surface area (Å²) in [5, 5.41) is 0. The monoisotopic (exact) mass is 284 g/mol. The summed E-state index contributed by atoms with van der Waals surface area (Å²) in [5.74, 6) is 0.671. The Morgan fingerprint density at radius 2 is 1.90 bits per heavy atom. The lowest BCUT2D eigenvalue weighted by molar-refractivity contribution is 0.129. The van der Waals surface area contributed by atoms with Crippen LogP contribution in [0.3, 0.4) is 0 Å². The van der Waals surface area contributed by atoms with Crippen molar-refractivity contribution in [1.82, 2.24) is 0 Å². The van der Waals surface area contributed by atoms with Crippen molar-refractivity contribution in [2.45, 2.75) is 78.6 Å². The Morgan fingerprint density at radius 3 is 2.45 bits per heavy atom. The maximum atomic E-state index is 14.5. The van der Waals surface area contributed by atoms with Gasteiger partial charge in [-0.2, -0.15) is 0 Å². The average Bonchev–Trinajstić information content (AvgIpc) is 2.35. The Kier molecular flexibility index (Phi) is 6.42. The molecule has 0 aromatic carbocycles. The lowest BCUT2D eigenvalue weighted by Crippen LogP contribution is -2.35. The molecule has 0 aliphatic heterocycles. The van der Waals surface area contributed by atoms with Crippen LogP contribution in [0, 0.1) is 11.8 Å². The largest absolute Gasteiger partial charge is 0.239 e. The van der Waals surface area contributed by atoms with Crippen molar-refractivity contribution in [3.05, 3.63) is 23.3 Å². The zero-order valence-corrected chi connectivity index (χ0v) is 13.7. The summed E-state index contributed by atoms with van der Waals surface area (Å²) in [6.45, 7) is 9.79. The third kappa shape index (κ3) is 4.43. The lowest BCUT2D eigenvalue weighted by Gasteiger charge is -2.32. The Bertz CT molecular complexity index is 364. The van der Waals surface area contributed by atoms with Gasteiger partial charge in [-0.05, 0) is 48.8 Å². The van der Waals surface area contributed by atoms with Gasteiger partial charge in [0.2, 0.25) is 0 Å². The molecule has 0 spiro atoms. The molecule has 20 heavy (non-hydrogen) atoms. The molecule has 0 heterocycles. The molecule has 3 unspecified atom stereocenters. The fourth-order valence-electron chi connectivity index (χ4n) is 2.93. The molecule has 1 rings (SSSR count). The second-order valence-corrected chi connectivity index (χ2v) is 6.82. The molecule has 116 valence electrons. The van der Waals surface area contributed by atoms with Gasteiger partial charge in [-0.15, -0.1) is 0 Å². The highest BCUT2D eigenvalue weighted by Gasteiger charge is 2.39. The van der Waals surface area contributed by atoms with E-state index in [9.17, 15) is 8.78 Å². The molecule has 0 saturated carbocycles. The van der Waals surface area contributed by atoms with Crippen molar-refractivity contribution in [3.8, 4) is 0 Å². The highest BCUT2D eigenvalue weighted by molar-refractivity contribution is 5.39. The molecule has 0 radical (unpaired) electrons. The van der Waals surface area contributed by atoms with Gasteiger partial charge in [0.15, 0.2) is 11.8 Å². The van der Waals surface area contributed by atoms with Crippen LogP contribution < -0.4 is 0 Å². The van der Waals surface area contributed by atoms with E-state index in [0.29, 0.717) is 23.8 Å². The van der Waals surface area contributed by atoms with E-state index >= 15 is 0 Å². The van der Waals surface area contributed by atoms with E-state index in [1.165, 1.54) is 25.8 Å². The molecule has 1 aliphatic rings. The van der Waals surface area contributed by atoms with E-state index in [0.717, 1.165) is 18.4 Å². The fourth-order valence-corrected chi connectivity index (χ4v) is 2.93. The zero-order valence-electron chi connectivity index (χ0n) is 13.7. The number of allylic oxidation sites excluding steroid dienone is 4. The fraction of sp³-hybridized carbons (Fsp3) is 0.778. The van der Waals surface area contributed by atoms with Crippen LogP contribution in [-0.4, -0.2) is 11.8 Å². The summed E-state index contributed by atoms with van der Waals surface area (Å²) in [7, 11) is 0. The average molecular weight is 284 g/mol. The zero-order chi connectivity index (χ0) is 15.3. The summed E-state index contributed by atoms with van der Waals surface area (Å²) in [5.41, 5.74) is -0.120. The predicted octanol–water partition coefficient (Wildman–Crippen LogP) is 6.18.